The molecule has 0 saturated carbocycles. The number of rotatable bonds is 2. The number of anilines is 1. The predicted octanol–water partition coefficient (Wildman–Crippen LogP) is 3.11. The van der Waals surface area contributed by atoms with Crippen molar-refractivity contribution in [3.8, 4) is 0 Å². The fourth-order valence-electron chi connectivity index (χ4n) is 3.57. The topological polar surface area (TPSA) is 24.1 Å². The van der Waals surface area contributed by atoms with Crippen molar-refractivity contribution in [3.05, 3.63) is 29.6 Å². The third-order valence-corrected chi connectivity index (χ3v) is 4.47. The molecule has 3 heteroatoms. The monoisotopic (exact) mass is 248 g/mol. The van der Waals surface area contributed by atoms with Gasteiger partial charge in [0.2, 0.25) is 0 Å². The van der Waals surface area contributed by atoms with Gasteiger partial charge in [0.15, 0.2) is 0 Å². The Bertz CT molecular complexity index is 427. The number of fused-ring (bicyclic) bond motifs is 1. The van der Waals surface area contributed by atoms with Crippen LogP contribution in [0.3, 0.4) is 0 Å². The van der Waals surface area contributed by atoms with Crippen LogP contribution < -0.4 is 10.6 Å². The lowest BCUT2D eigenvalue weighted by Crippen LogP contribution is -2.41. The van der Waals surface area contributed by atoms with Gasteiger partial charge in [-0.1, -0.05) is 19.1 Å². The van der Waals surface area contributed by atoms with E-state index in [4.69, 9.17) is 0 Å². The molecule has 1 aromatic carbocycles. The minimum Gasteiger partial charge on any atom is -0.379 e. The highest BCUT2D eigenvalue weighted by atomic mass is 19.1. The van der Waals surface area contributed by atoms with E-state index in [-0.39, 0.29) is 5.82 Å². The SMILES string of the molecule is CCC1c2cccc(F)c2NC1C1CCCNC1. The second kappa shape index (κ2) is 4.88. The molecule has 0 aliphatic carbocycles. The molecular formula is C15H21FN2. The predicted molar refractivity (Wildman–Crippen MR) is 72.4 cm³/mol. The average Bonchev–Trinajstić information content (AvgIpc) is 2.80. The first-order valence-electron chi connectivity index (χ1n) is 7.07. The third-order valence-electron chi connectivity index (χ3n) is 4.47. The maximum atomic E-state index is 13.9. The standard InChI is InChI=1S/C15H21FN2/c1-2-11-12-6-3-7-13(16)15(12)18-14(11)10-5-4-8-17-9-10/h3,6-7,10-11,14,17-18H,2,4-5,8-9H2,1H3. The van der Waals surface area contributed by atoms with Gasteiger partial charge in [-0.2, -0.15) is 0 Å². The van der Waals surface area contributed by atoms with Crippen LogP contribution in [0.4, 0.5) is 10.1 Å². The van der Waals surface area contributed by atoms with Gasteiger partial charge in [0.05, 0.1) is 5.69 Å². The zero-order chi connectivity index (χ0) is 12.5. The molecule has 3 unspecified atom stereocenters. The first kappa shape index (κ1) is 12.0. The van der Waals surface area contributed by atoms with Gasteiger partial charge in [-0.15, -0.1) is 0 Å². The summed E-state index contributed by atoms with van der Waals surface area (Å²) in [4.78, 5) is 0. The normalized spacial score (nSPS) is 30.9. The molecule has 0 amide bonds. The molecule has 3 rings (SSSR count). The third kappa shape index (κ3) is 1.91. The van der Waals surface area contributed by atoms with E-state index in [9.17, 15) is 4.39 Å². The zero-order valence-corrected chi connectivity index (χ0v) is 10.9. The molecule has 1 aromatic rings. The molecule has 2 N–H and O–H groups in total. The van der Waals surface area contributed by atoms with E-state index < -0.39 is 0 Å². The molecule has 0 aromatic heterocycles. The second-order valence-corrected chi connectivity index (χ2v) is 5.50. The zero-order valence-electron chi connectivity index (χ0n) is 10.9. The van der Waals surface area contributed by atoms with Gasteiger partial charge in [-0.25, -0.2) is 4.39 Å². The van der Waals surface area contributed by atoms with Gasteiger partial charge < -0.3 is 10.6 Å². The molecule has 1 fully saturated rings. The molecule has 2 aliphatic heterocycles. The van der Waals surface area contributed by atoms with E-state index in [1.807, 2.05) is 6.07 Å². The first-order chi connectivity index (χ1) is 8.81. The minimum atomic E-state index is -0.0998. The summed E-state index contributed by atoms with van der Waals surface area (Å²) in [6.07, 6.45) is 3.56. The van der Waals surface area contributed by atoms with Crippen molar-refractivity contribution in [2.45, 2.75) is 38.1 Å². The first-order valence-corrected chi connectivity index (χ1v) is 7.07. The van der Waals surface area contributed by atoms with E-state index in [0.717, 1.165) is 25.2 Å². The Hall–Kier alpha value is -1.09. The van der Waals surface area contributed by atoms with E-state index >= 15 is 0 Å². The van der Waals surface area contributed by atoms with Crippen molar-refractivity contribution >= 4 is 5.69 Å². The van der Waals surface area contributed by atoms with Gasteiger partial charge in [0.1, 0.15) is 5.82 Å². The number of benzene rings is 1. The highest BCUT2D eigenvalue weighted by molar-refractivity contribution is 5.60. The molecule has 3 atom stereocenters. The summed E-state index contributed by atoms with van der Waals surface area (Å²) in [5, 5.41) is 6.92. The van der Waals surface area contributed by atoms with Crippen molar-refractivity contribution in [1.29, 1.82) is 0 Å². The van der Waals surface area contributed by atoms with Crippen LogP contribution in [0.25, 0.3) is 0 Å². The molecule has 0 bridgehead atoms. The highest BCUT2D eigenvalue weighted by Gasteiger charge is 2.37. The van der Waals surface area contributed by atoms with Crippen LogP contribution in [0.2, 0.25) is 0 Å². The molecule has 18 heavy (non-hydrogen) atoms. The number of halogens is 1. The van der Waals surface area contributed by atoms with E-state index in [0.29, 0.717) is 17.9 Å². The summed E-state index contributed by atoms with van der Waals surface area (Å²) in [6.45, 7) is 4.39. The molecule has 2 aliphatic rings. The summed E-state index contributed by atoms with van der Waals surface area (Å²) in [6, 6.07) is 5.87. The summed E-state index contributed by atoms with van der Waals surface area (Å²) in [5.74, 6) is 0.980. The second-order valence-electron chi connectivity index (χ2n) is 5.50. The number of piperidine rings is 1. The van der Waals surface area contributed by atoms with Gasteiger partial charge in [-0.3, -0.25) is 0 Å². The van der Waals surface area contributed by atoms with Gasteiger partial charge in [-0.05, 0) is 49.9 Å². The number of hydrogen-bond acceptors (Lipinski definition) is 2. The Labute approximate surface area is 108 Å². The quantitative estimate of drug-likeness (QED) is 0.840. The maximum Gasteiger partial charge on any atom is 0.146 e. The lowest BCUT2D eigenvalue weighted by atomic mass is 9.81. The van der Waals surface area contributed by atoms with Crippen LogP contribution in [-0.4, -0.2) is 19.1 Å². The number of para-hydroxylation sites is 1. The Morgan fingerprint density at radius 1 is 1.39 bits per heavy atom. The van der Waals surface area contributed by atoms with Crippen molar-refractivity contribution in [3.63, 3.8) is 0 Å². The fourth-order valence-corrected chi connectivity index (χ4v) is 3.57. The summed E-state index contributed by atoms with van der Waals surface area (Å²) in [7, 11) is 0. The van der Waals surface area contributed by atoms with Crippen LogP contribution in [0.15, 0.2) is 18.2 Å². The average molecular weight is 248 g/mol. The van der Waals surface area contributed by atoms with Crippen LogP contribution in [0.5, 0.6) is 0 Å². The van der Waals surface area contributed by atoms with Crippen molar-refractivity contribution in [2.75, 3.05) is 18.4 Å². The summed E-state index contributed by atoms with van der Waals surface area (Å²) in [5.41, 5.74) is 1.92. The van der Waals surface area contributed by atoms with E-state index in [2.05, 4.69) is 23.6 Å². The Morgan fingerprint density at radius 3 is 3.00 bits per heavy atom. The Kier molecular flexibility index (Phi) is 3.25. The molecule has 2 nitrogen and oxygen atoms in total. The largest absolute Gasteiger partial charge is 0.379 e. The van der Waals surface area contributed by atoms with E-state index in [1.54, 1.807) is 6.07 Å². The fraction of sp³-hybridized carbons (Fsp3) is 0.600. The lowest BCUT2D eigenvalue weighted by Gasteiger charge is -2.32. The molecular weight excluding hydrogens is 227 g/mol. The Morgan fingerprint density at radius 2 is 2.28 bits per heavy atom. The number of hydrogen-bond donors (Lipinski definition) is 2. The van der Waals surface area contributed by atoms with Crippen molar-refractivity contribution in [2.24, 2.45) is 5.92 Å². The van der Waals surface area contributed by atoms with Gasteiger partial charge >= 0.3 is 0 Å². The lowest BCUT2D eigenvalue weighted by molar-refractivity contribution is 0.312. The minimum absolute atomic E-state index is 0.0998. The van der Waals surface area contributed by atoms with Crippen LogP contribution >= 0.6 is 0 Å². The number of nitrogens with one attached hydrogen (secondary N) is 2. The van der Waals surface area contributed by atoms with E-state index in [1.165, 1.54) is 18.4 Å². The molecule has 0 radical (unpaired) electrons. The van der Waals surface area contributed by atoms with Crippen LogP contribution in [0, 0.1) is 11.7 Å². The maximum absolute atomic E-state index is 13.9. The van der Waals surface area contributed by atoms with Gasteiger partial charge in [0.25, 0.3) is 0 Å². The van der Waals surface area contributed by atoms with Gasteiger partial charge in [0, 0.05) is 12.0 Å². The van der Waals surface area contributed by atoms with Crippen LogP contribution in [-0.2, 0) is 0 Å². The summed E-state index contributed by atoms with van der Waals surface area (Å²) >= 11 is 0. The summed E-state index contributed by atoms with van der Waals surface area (Å²) < 4.78 is 13.9. The Balaban J connectivity index is 1.88. The van der Waals surface area contributed by atoms with Crippen molar-refractivity contribution < 1.29 is 4.39 Å². The van der Waals surface area contributed by atoms with Crippen LogP contribution in [0.1, 0.15) is 37.7 Å². The highest BCUT2D eigenvalue weighted by Crippen LogP contribution is 2.43. The van der Waals surface area contributed by atoms with Crippen molar-refractivity contribution in [1.82, 2.24) is 5.32 Å². The molecule has 98 valence electrons. The smallest absolute Gasteiger partial charge is 0.146 e. The molecule has 0 spiro atoms. The molecule has 2 heterocycles. The molecule has 1 saturated heterocycles.